The summed E-state index contributed by atoms with van der Waals surface area (Å²) in [5, 5.41) is 5.23. The molecule has 0 aliphatic carbocycles. The van der Waals surface area contributed by atoms with Gasteiger partial charge in [-0.1, -0.05) is 37.6 Å². The van der Waals surface area contributed by atoms with Crippen molar-refractivity contribution in [2.24, 2.45) is 0 Å². The van der Waals surface area contributed by atoms with Gasteiger partial charge in [0, 0.05) is 16.6 Å². The first kappa shape index (κ1) is 18.9. The number of aryl methyl sites for hydroxylation is 1. The molecule has 1 amide bonds. The van der Waals surface area contributed by atoms with E-state index in [1.54, 1.807) is 0 Å². The molecule has 3 N–H and O–H groups in total. The van der Waals surface area contributed by atoms with E-state index >= 15 is 0 Å². The van der Waals surface area contributed by atoms with Gasteiger partial charge >= 0.3 is 0 Å². The first-order valence-corrected chi connectivity index (χ1v) is 9.85. The molecular weight excluding hydrogens is 358 g/mol. The first-order valence-electron chi connectivity index (χ1n) is 8.97. The molecule has 3 rings (SSSR count). The van der Waals surface area contributed by atoms with Crippen LogP contribution in [0.25, 0.3) is 11.3 Å². The topological polar surface area (TPSA) is 77.2 Å². The Morgan fingerprint density at radius 3 is 2.67 bits per heavy atom. The summed E-state index contributed by atoms with van der Waals surface area (Å²) in [6.45, 7) is 2.10. The van der Waals surface area contributed by atoms with E-state index in [0.717, 1.165) is 23.4 Å². The predicted octanol–water partition coefficient (Wildman–Crippen LogP) is 4.75. The highest BCUT2D eigenvalue weighted by molar-refractivity contribution is 7.13. The van der Waals surface area contributed by atoms with Gasteiger partial charge in [0.05, 0.1) is 5.69 Å². The molecule has 0 atom stereocenters. The molecule has 0 unspecified atom stereocenters. The predicted molar refractivity (Wildman–Crippen MR) is 111 cm³/mol. The summed E-state index contributed by atoms with van der Waals surface area (Å²) in [5.74, 6) is 0.400. The van der Waals surface area contributed by atoms with E-state index in [1.807, 2.05) is 53.9 Å². The second-order valence-corrected chi connectivity index (χ2v) is 7.09. The monoisotopic (exact) mass is 381 g/mol. The van der Waals surface area contributed by atoms with Crippen LogP contribution in [0.3, 0.4) is 0 Å². The Kier molecular flexibility index (Phi) is 6.44. The fourth-order valence-corrected chi connectivity index (χ4v) is 3.25. The van der Waals surface area contributed by atoms with E-state index < -0.39 is 0 Å². The minimum absolute atomic E-state index is 0.0752. The summed E-state index contributed by atoms with van der Waals surface area (Å²) >= 11 is 1.37. The van der Waals surface area contributed by atoms with Crippen LogP contribution >= 0.6 is 11.3 Å². The normalized spacial score (nSPS) is 10.6. The number of thiazole rings is 1. The Morgan fingerprint density at radius 2 is 1.96 bits per heavy atom. The van der Waals surface area contributed by atoms with Crippen LogP contribution in [0.2, 0.25) is 0 Å². The third kappa shape index (κ3) is 5.31. The number of rotatable bonds is 8. The van der Waals surface area contributed by atoms with Gasteiger partial charge in [-0.05, 0) is 42.7 Å². The third-order valence-corrected chi connectivity index (χ3v) is 4.77. The van der Waals surface area contributed by atoms with Gasteiger partial charge in [-0.25, -0.2) is 4.98 Å². The highest BCUT2D eigenvalue weighted by Crippen LogP contribution is 2.31. The molecule has 5 nitrogen and oxygen atoms in total. The SMILES string of the molecule is CCCCc1ccc(NC(=O)COc2ccccc2-c2csc(N)n2)cc1. The van der Waals surface area contributed by atoms with E-state index in [9.17, 15) is 4.79 Å². The zero-order valence-corrected chi connectivity index (χ0v) is 16.1. The number of nitrogens with zero attached hydrogens (tertiary/aromatic N) is 1. The number of anilines is 2. The quantitative estimate of drug-likeness (QED) is 0.590. The van der Waals surface area contributed by atoms with Crippen molar-refractivity contribution in [3.8, 4) is 17.0 Å². The van der Waals surface area contributed by atoms with Crippen molar-refractivity contribution in [2.75, 3.05) is 17.7 Å². The lowest BCUT2D eigenvalue weighted by Crippen LogP contribution is -2.20. The molecule has 0 saturated heterocycles. The van der Waals surface area contributed by atoms with Gasteiger partial charge in [-0.2, -0.15) is 0 Å². The first-order chi connectivity index (χ1) is 13.2. The van der Waals surface area contributed by atoms with E-state index in [4.69, 9.17) is 10.5 Å². The molecule has 0 radical (unpaired) electrons. The Labute approximate surface area is 163 Å². The Hall–Kier alpha value is -2.86. The number of para-hydroxylation sites is 1. The smallest absolute Gasteiger partial charge is 0.262 e. The maximum atomic E-state index is 12.2. The number of nitrogen functional groups attached to an aromatic ring is 1. The lowest BCUT2D eigenvalue weighted by molar-refractivity contribution is -0.118. The number of unbranched alkanes of at least 4 members (excludes halogenated alkanes) is 1. The Bertz CT molecular complexity index is 890. The molecule has 1 heterocycles. The van der Waals surface area contributed by atoms with Crippen molar-refractivity contribution < 1.29 is 9.53 Å². The van der Waals surface area contributed by atoms with Crippen molar-refractivity contribution in [1.82, 2.24) is 4.98 Å². The van der Waals surface area contributed by atoms with Crippen LogP contribution in [0, 0.1) is 0 Å². The van der Waals surface area contributed by atoms with Crippen molar-refractivity contribution >= 4 is 28.1 Å². The summed E-state index contributed by atoms with van der Waals surface area (Å²) < 4.78 is 5.72. The second kappa shape index (κ2) is 9.19. The maximum Gasteiger partial charge on any atom is 0.262 e. The minimum Gasteiger partial charge on any atom is -0.483 e. The number of carbonyl (C=O) groups is 1. The van der Waals surface area contributed by atoms with E-state index in [-0.39, 0.29) is 12.5 Å². The summed E-state index contributed by atoms with van der Waals surface area (Å²) in [4.78, 5) is 16.5. The van der Waals surface area contributed by atoms with Crippen molar-refractivity contribution in [2.45, 2.75) is 26.2 Å². The molecule has 0 aliphatic rings. The molecule has 1 aromatic heterocycles. The maximum absolute atomic E-state index is 12.2. The highest BCUT2D eigenvalue weighted by Gasteiger charge is 2.11. The number of amides is 1. The lowest BCUT2D eigenvalue weighted by Gasteiger charge is -2.11. The van der Waals surface area contributed by atoms with Crippen molar-refractivity contribution in [3.05, 3.63) is 59.5 Å². The van der Waals surface area contributed by atoms with Crippen molar-refractivity contribution in [1.29, 1.82) is 0 Å². The lowest BCUT2D eigenvalue weighted by atomic mass is 10.1. The van der Waals surface area contributed by atoms with Crippen molar-refractivity contribution in [3.63, 3.8) is 0 Å². The van der Waals surface area contributed by atoms with Gasteiger partial charge in [0.15, 0.2) is 11.7 Å². The summed E-state index contributed by atoms with van der Waals surface area (Å²) in [5.41, 5.74) is 9.33. The molecule has 0 bridgehead atoms. The number of carbonyl (C=O) groups excluding carboxylic acids is 1. The summed E-state index contributed by atoms with van der Waals surface area (Å²) in [6, 6.07) is 15.4. The Morgan fingerprint density at radius 1 is 1.19 bits per heavy atom. The van der Waals surface area contributed by atoms with Gasteiger partial charge in [-0.3, -0.25) is 4.79 Å². The molecule has 0 spiro atoms. The average Bonchev–Trinajstić information content (AvgIpc) is 3.12. The summed E-state index contributed by atoms with van der Waals surface area (Å²) in [6.07, 6.45) is 3.40. The van der Waals surface area contributed by atoms with Crippen LogP contribution in [0.1, 0.15) is 25.3 Å². The number of nitrogens with two attached hydrogens (primary N) is 1. The number of nitrogens with one attached hydrogen (secondary N) is 1. The van der Waals surface area contributed by atoms with E-state index in [0.29, 0.717) is 10.9 Å². The molecular formula is C21H23N3O2S. The number of ether oxygens (including phenoxy) is 1. The number of hydrogen-bond acceptors (Lipinski definition) is 5. The minimum atomic E-state index is -0.205. The standard InChI is InChI=1S/C21H23N3O2S/c1-2-3-6-15-9-11-16(12-10-15)23-20(25)13-26-19-8-5-4-7-17(19)18-14-27-21(22)24-18/h4-5,7-12,14H,2-3,6,13H2,1H3,(H2,22,24)(H,23,25). The Balaban J connectivity index is 1.58. The van der Waals surface area contributed by atoms with Gasteiger partial charge in [0.2, 0.25) is 0 Å². The van der Waals surface area contributed by atoms with Crippen LogP contribution in [0.4, 0.5) is 10.8 Å². The fourth-order valence-electron chi connectivity index (χ4n) is 2.69. The molecule has 3 aromatic rings. The molecule has 0 aliphatic heterocycles. The van der Waals surface area contributed by atoms with Gasteiger partial charge in [0.1, 0.15) is 5.75 Å². The van der Waals surface area contributed by atoms with Crippen LogP contribution in [-0.4, -0.2) is 17.5 Å². The molecule has 6 heteroatoms. The zero-order chi connectivity index (χ0) is 19.1. The average molecular weight is 382 g/mol. The number of hydrogen-bond donors (Lipinski definition) is 2. The zero-order valence-electron chi connectivity index (χ0n) is 15.3. The number of benzene rings is 2. The molecule has 0 saturated carbocycles. The van der Waals surface area contributed by atoms with E-state index in [1.165, 1.54) is 29.7 Å². The van der Waals surface area contributed by atoms with Gasteiger partial charge in [0.25, 0.3) is 5.91 Å². The largest absolute Gasteiger partial charge is 0.483 e. The highest BCUT2D eigenvalue weighted by atomic mass is 32.1. The number of aromatic nitrogens is 1. The second-order valence-electron chi connectivity index (χ2n) is 6.20. The van der Waals surface area contributed by atoms with Crippen LogP contribution in [0.15, 0.2) is 53.9 Å². The summed E-state index contributed by atoms with van der Waals surface area (Å²) in [7, 11) is 0. The van der Waals surface area contributed by atoms with Gasteiger partial charge in [-0.15, -0.1) is 11.3 Å². The van der Waals surface area contributed by atoms with E-state index in [2.05, 4.69) is 17.2 Å². The van der Waals surface area contributed by atoms with Crippen LogP contribution in [-0.2, 0) is 11.2 Å². The molecule has 140 valence electrons. The molecule has 0 fully saturated rings. The van der Waals surface area contributed by atoms with Crippen LogP contribution < -0.4 is 15.8 Å². The molecule has 27 heavy (non-hydrogen) atoms. The third-order valence-electron chi connectivity index (χ3n) is 4.10. The fraction of sp³-hybridized carbons (Fsp3) is 0.238. The van der Waals surface area contributed by atoms with Crippen LogP contribution in [0.5, 0.6) is 5.75 Å². The van der Waals surface area contributed by atoms with Gasteiger partial charge < -0.3 is 15.8 Å². The molecule has 2 aromatic carbocycles.